The Bertz CT molecular complexity index is 432. The van der Waals surface area contributed by atoms with Crippen LogP contribution in [0.3, 0.4) is 0 Å². The predicted molar refractivity (Wildman–Crippen MR) is 77.3 cm³/mol. The Morgan fingerprint density at radius 1 is 1.11 bits per heavy atom. The summed E-state index contributed by atoms with van der Waals surface area (Å²) in [6.07, 6.45) is 11.6. The molecule has 104 valence electrons. The zero-order chi connectivity index (χ0) is 13.1. The van der Waals surface area contributed by atoms with Gasteiger partial charge in [0.15, 0.2) is 0 Å². The van der Waals surface area contributed by atoms with Crippen LogP contribution in [0, 0.1) is 0 Å². The largest absolute Gasteiger partial charge is 0.352 e. The Balaban J connectivity index is 1.95. The van der Waals surface area contributed by atoms with Crippen LogP contribution in [0.5, 0.6) is 0 Å². The van der Waals surface area contributed by atoms with Gasteiger partial charge in [-0.2, -0.15) is 0 Å². The molecular weight excluding hydrogens is 236 g/mol. The van der Waals surface area contributed by atoms with E-state index >= 15 is 0 Å². The van der Waals surface area contributed by atoms with Crippen molar-refractivity contribution in [3.63, 3.8) is 0 Å². The van der Waals surface area contributed by atoms with Gasteiger partial charge in [0, 0.05) is 30.4 Å². The van der Waals surface area contributed by atoms with E-state index in [9.17, 15) is 0 Å². The SMILES string of the molecule is NCC1CCCCCN1c1ncnc2c1CCCC2. The van der Waals surface area contributed by atoms with Gasteiger partial charge in [0.25, 0.3) is 0 Å². The van der Waals surface area contributed by atoms with Crippen LogP contribution in [0.2, 0.25) is 0 Å². The molecule has 2 heterocycles. The van der Waals surface area contributed by atoms with Crippen LogP contribution in [0.4, 0.5) is 5.82 Å². The predicted octanol–water partition coefficient (Wildman–Crippen LogP) is 2.06. The Labute approximate surface area is 115 Å². The molecule has 19 heavy (non-hydrogen) atoms. The Kier molecular flexibility index (Phi) is 3.97. The molecule has 0 radical (unpaired) electrons. The highest BCUT2D eigenvalue weighted by molar-refractivity contribution is 5.50. The van der Waals surface area contributed by atoms with E-state index in [-0.39, 0.29) is 0 Å². The second-order valence-corrected chi connectivity index (χ2v) is 5.76. The minimum atomic E-state index is 0.462. The summed E-state index contributed by atoms with van der Waals surface area (Å²) in [5, 5.41) is 0. The molecule has 0 aromatic carbocycles. The summed E-state index contributed by atoms with van der Waals surface area (Å²) in [6, 6.07) is 0.462. The van der Waals surface area contributed by atoms with E-state index in [2.05, 4.69) is 14.9 Å². The number of rotatable bonds is 2. The molecule has 0 spiro atoms. The van der Waals surface area contributed by atoms with Crippen molar-refractivity contribution in [2.24, 2.45) is 5.73 Å². The molecule has 1 aliphatic heterocycles. The van der Waals surface area contributed by atoms with Crippen molar-refractivity contribution >= 4 is 5.82 Å². The normalized spacial score (nSPS) is 23.8. The van der Waals surface area contributed by atoms with Gasteiger partial charge >= 0.3 is 0 Å². The van der Waals surface area contributed by atoms with Crippen molar-refractivity contribution in [1.82, 2.24) is 9.97 Å². The Hall–Kier alpha value is -1.16. The minimum absolute atomic E-state index is 0.462. The molecule has 1 atom stereocenters. The quantitative estimate of drug-likeness (QED) is 0.884. The molecule has 2 N–H and O–H groups in total. The first-order valence-corrected chi connectivity index (χ1v) is 7.69. The topological polar surface area (TPSA) is 55.0 Å². The second kappa shape index (κ2) is 5.87. The van der Waals surface area contributed by atoms with Gasteiger partial charge in [0.1, 0.15) is 12.1 Å². The average molecular weight is 260 g/mol. The lowest BCUT2D eigenvalue weighted by Crippen LogP contribution is -2.41. The first-order chi connectivity index (χ1) is 9.40. The second-order valence-electron chi connectivity index (χ2n) is 5.76. The third-order valence-corrected chi connectivity index (χ3v) is 4.52. The fourth-order valence-electron chi connectivity index (χ4n) is 3.45. The molecule has 0 amide bonds. The molecule has 1 aromatic rings. The fraction of sp³-hybridized carbons (Fsp3) is 0.733. The third-order valence-electron chi connectivity index (χ3n) is 4.52. The van der Waals surface area contributed by atoms with Gasteiger partial charge in [-0.15, -0.1) is 0 Å². The molecule has 1 unspecified atom stereocenters. The smallest absolute Gasteiger partial charge is 0.135 e. The Morgan fingerprint density at radius 2 is 2.00 bits per heavy atom. The van der Waals surface area contributed by atoms with Gasteiger partial charge in [-0.05, 0) is 38.5 Å². The minimum Gasteiger partial charge on any atom is -0.352 e. The zero-order valence-electron chi connectivity index (χ0n) is 11.6. The molecule has 0 bridgehead atoms. The molecule has 3 rings (SSSR count). The third kappa shape index (κ3) is 2.59. The Morgan fingerprint density at radius 3 is 2.89 bits per heavy atom. The van der Waals surface area contributed by atoms with Gasteiger partial charge < -0.3 is 10.6 Å². The monoisotopic (exact) mass is 260 g/mol. The summed E-state index contributed by atoms with van der Waals surface area (Å²) in [6.45, 7) is 1.84. The molecule has 4 heteroatoms. The zero-order valence-corrected chi connectivity index (χ0v) is 11.6. The van der Waals surface area contributed by atoms with Crippen molar-refractivity contribution in [2.45, 2.75) is 57.4 Å². The highest BCUT2D eigenvalue weighted by atomic mass is 15.2. The molecule has 2 aliphatic rings. The lowest BCUT2D eigenvalue weighted by Gasteiger charge is -2.33. The number of aryl methyl sites for hydroxylation is 1. The van der Waals surface area contributed by atoms with Gasteiger partial charge in [0.05, 0.1) is 0 Å². The molecular formula is C15H24N4. The molecule has 1 saturated heterocycles. The van der Waals surface area contributed by atoms with Gasteiger partial charge in [0.2, 0.25) is 0 Å². The standard InChI is InChI=1S/C15H24N4/c16-10-12-6-2-1-5-9-19(12)15-13-7-3-4-8-14(13)17-11-18-15/h11-12H,1-10,16H2. The van der Waals surface area contributed by atoms with E-state index in [1.165, 1.54) is 55.6 Å². The summed E-state index contributed by atoms with van der Waals surface area (Å²) in [5.41, 5.74) is 8.66. The van der Waals surface area contributed by atoms with Crippen LogP contribution < -0.4 is 10.6 Å². The first-order valence-electron chi connectivity index (χ1n) is 7.69. The van der Waals surface area contributed by atoms with Crippen molar-refractivity contribution in [1.29, 1.82) is 0 Å². The van der Waals surface area contributed by atoms with Crippen molar-refractivity contribution in [3.05, 3.63) is 17.6 Å². The van der Waals surface area contributed by atoms with E-state index in [0.717, 1.165) is 25.9 Å². The van der Waals surface area contributed by atoms with E-state index in [0.29, 0.717) is 6.04 Å². The van der Waals surface area contributed by atoms with Crippen LogP contribution in [-0.2, 0) is 12.8 Å². The summed E-state index contributed by atoms with van der Waals surface area (Å²) < 4.78 is 0. The van der Waals surface area contributed by atoms with E-state index in [1.807, 2.05) is 0 Å². The van der Waals surface area contributed by atoms with Gasteiger partial charge in [-0.1, -0.05) is 12.8 Å². The maximum absolute atomic E-state index is 5.99. The number of hydrogen-bond donors (Lipinski definition) is 1. The van der Waals surface area contributed by atoms with Crippen LogP contribution >= 0.6 is 0 Å². The highest BCUT2D eigenvalue weighted by Gasteiger charge is 2.25. The summed E-state index contributed by atoms with van der Waals surface area (Å²) >= 11 is 0. The number of nitrogens with zero attached hydrogens (tertiary/aromatic N) is 3. The van der Waals surface area contributed by atoms with E-state index < -0.39 is 0 Å². The number of hydrogen-bond acceptors (Lipinski definition) is 4. The summed E-state index contributed by atoms with van der Waals surface area (Å²) in [7, 11) is 0. The first kappa shape index (κ1) is 12.9. The van der Waals surface area contributed by atoms with Gasteiger partial charge in [-0.25, -0.2) is 9.97 Å². The summed E-state index contributed by atoms with van der Waals surface area (Å²) in [4.78, 5) is 11.6. The van der Waals surface area contributed by atoms with E-state index in [4.69, 9.17) is 5.73 Å². The van der Waals surface area contributed by atoms with Crippen molar-refractivity contribution in [2.75, 3.05) is 18.0 Å². The maximum atomic E-state index is 5.99. The van der Waals surface area contributed by atoms with Crippen molar-refractivity contribution in [3.8, 4) is 0 Å². The average Bonchev–Trinajstić information content (AvgIpc) is 2.71. The van der Waals surface area contributed by atoms with Crippen LogP contribution in [0.25, 0.3) is 0 Å². The van der Waals surface area contributed by atoms with Crippen LogP contribution in [0.1, 0.15) is 49.8 Å². The van der Waals surface area contributed by atoms with Gasteiger partial charge in [-0.3, -0.25) is 0 Å². The number of anilines is 1. The fourth-order valence-corrected chi connectivity index (χ4v) is 3.45. The van der Waals surface area contributed by atoms with Crippen molar-refractivity contribution < 1.29 is 0 Å². The highest BCUT2D eigenvalue weighted by Crippen LogP contribution is 2.30. The molecule has 4 nitrogen and oxygen atoms in total. The lowest BCUT2D eigenvalue weighted by atomic mass is 9.95. The lowest BCUT2D eigenvalue weighted by molar-refractivity contribution is 0.567. The number of fused-ring (bicyclic) bond motifs is 1. The number of aromatic nitrogens is 2. The summed E-state index contributed by atoms with van der Waals surface area (Å²) in [5.74, 6) is 1.18. The van der Waals surface area contributed by atoms with Crippen LogP contribution in [0.15, 0.2) is 6.33 Å². The van der Waals surface area contributed by atoms with E-state index in [1.54, 1.807) is 6.33 Å². The number of nitrogens with two attached hydrogens (primary N) is 1. The van der Waals surface area contributed by atoms with Crippen LogP contribution in [-0.4, -0.2) is 29.1 Å². The molecule has 1 aliphatic carbocycles. The molecule has 1 aromatic heterocycles. The maximum Gasteiger partial charge on any atom is 0.135 e. The molecule has 0 saturated carbocycles. The molecule has 1 fully saturated rings.